The average Bonchev–Trinajstić information content (AvgIpc) is 2.97. The average molecular weight is 352 g/mol. The van der Waals surface area contributed by atoms with Crippen LogP contribution in [0.5, 0.6) is 5.75 Å². The number of para-hydroxylation sites is 1. The lowest BCUT2D eigenvalue weighted by molar-refractivity contribution is -0.136. The maximum atomic E-state index is 12.3. The van der Waals surface area contributed by atoms with Gasteiger partial charge in [-0.3, -0.25) is 0 Å². The number of alkyl carbamates (subject to hydrolysis) is 1. The van der Waals surface area contributed by atoms with Crippen LogP contribution in [0.2, 0.25) is 0 Å². The van der Waals surface area contributed by atoms with Gasteiger partial charge < -0.3 is 19.4 Å². The van der Waals surface area contributed by atoms with E-state index in [0.717, 1.165) is 16.5 Å². The molecule has 0 unspecified atom stereocenters. The van der Waals surface area contributed by atoms with E-state index in [0.29, 0.717) is 5.75 Å². The molecule has 3 aromatic rings. The quantitative estimate of drug-likeness (QED) is 0.715. The molecule has 0 fully saturated rings. The molecule has 1 aromatic heterocycles. The van der Waals surface area contributed by atoms with Crippen LogP contribution in [0.4, 0.5) is 4.79 Å². The summed E-state index contributed by atoms with van der Waals surface area (Å²) in [6, 6.07) is 16.1. The number of carbonyl (C=O) groups is 2. The van der Waals surface area contributed by atoms with Crippen LogP contribution < -0.4 is 10.1 Å². The minimum Gasteiger partial charge on any atom is -0.445 e. The van der Waals surface area contributed by atoms with Crippen LogP contribution in [0, 0.1) is 0 Å². The van der Waals surface area contributed by atoms with E-state index in [-0.39, 0.29) is 6.61 Å². The molecule has 6 nitrogen and oxygen atoms in total. The Morgan fingerprint density at radius 3 is 2.54 bits per heavy atom. The Balaban J connectivity index is 1.56. The zero-order valence-corrected chi connectivity index (χ0v) is 14.6. The summed E-state index contributed by atoms with van der Waals surface area (Å²) in [6.07, 6.45) is 1.07. The van der Waals surface area contributed by atoms with Crippen molar-refractivity contribution in [1.82, 2.24) is 9.88 Å². The largest absolute Gasteiger partial charge is 0.445 e. The van der Waals surface area contributed by atoms with Gasteiger partial charge >= 0.3 is 12.1 Å². The minimum atomic E-state index is -0.836. The van der Waals surface area contributed by atoms with E-state index in [1.165, 1.54) is 0 Å². The number of aryl methyl sites for hydroxylation is 1. The third kappa shape index (κ3) is 4.03. The molecule has 0 aliphatic carbocycles. The first-order valence-electron chi connectivity index (χ1n) is 8.27. The highest BCUT2D eigenvalue weighted by Gasteiger charge is 2.20. The number of amides is 1. The first-order valence-corrected chi connectivity index (χ1v) is 8.27. The Morgan fingerprint density at radius 2 is 1.77 bits per heavy atom. The van der Waals surface area contributed by atoms with Gasteiger partial charge in [0.25, 0.3) is 0 Å². The molecule has 0 saturated heterocycles. The molecule has 1 amide bonds. The van der Waals surface area contributed by atoms with Crippen molar-refractivity contribution in [3.8, 4) is 5.75 Å². The highest BCUT2D eigenvalue weighted by atomic mass is 16.6. The van der Waals surface area contributed by atoms with Crippen molar-refractivity contribution < 1.29 is 19.1 Å². The third-order valence-corrected chi connectivity index (χ3v) is 3.97. The molecule has 0 radical (unpaired) electrons. The number of rotatable bonds is 5. The molecule has 0 saturated carbocycles. The van der Waals surface area contributed by atoms with E-state index >= 15 is 0 Å². The number of aromatic nitrogens is 1. The Hall–Kier alpha value is -3.28. The number of nitrogens with zero attached hydrogens (tertiary/aromatic N) is 1. The first-order chi connectivity index (χ1) is 12.5. The van der Waals surface area contributed by atoms with Crippen LogP contribution in [-0.2, 0) is 23.2 Å². The van der Waals surface area contributed by atoms with E-state index in [1.54, 1.807) is 13.1 Å². The molecular formula is C20H20N2O4. The van der Waals surface area contributed by atoms with Gasteiger partial charge in [0.1, 0.15) is 12.6 Å². The van der Waals surface area contributed by atoms with E-state index < -0.39 is 18.1 Å². The van der Waals surface area contributed by atoms with Gasteiger partial charge in [-0.25, -0.2) is 9.59 Å². The first kappa shape index (κ1) is 17.5. The number of hydrogen-bond acceptors (Lipinski definition) is 4. The minimum absolute atomic E-state index is 0.137. The smallest absolute Gasteiger partial charge is 0.408 e. The lowest BCUT2D eigenvalue weighted by Gasteiger charge is -2.13. The number of nitrogens with one attached hydrogen (secondary N) is 1. The maximum absolute atomic E-state index is 12.3. The fraction of sp³-hybridized carbons (Fsp3) is 0.200. The molecule has 0 aliphatic heterocycles. The summed E-state index contributed by atoms with van der Waals surface area (Å²) in [5.74, 6) is -0.0996. The van der Waals surface area contributed by atoms with Crippen molar-refractivity contribution in [3.05, 3.63) is 66.4 Å². The number of carbonyl (C=O) groups excluding carboxylic acids is 2. The second-order valence-corrected chi connectivity index (χ2v) is 5.97. The van der Waals surface area contributed by atoms with Crippen molar-refractivity contribution >= 4 is 23.0 Å². The van der Waals surface area contributed by atoms with Crippen LogP contribution >= 0.6 is 0 Å². The highest BCUT2D eigenvalue weighted by Crippen LogP contribution is 2.27. The standard InChI is InChI=1S/C20H20N2O4/c1-14(21-20(24)25-13-15-8-4-3-5-9-15)19(23)26-18-12-22(2)17-11-7-6-10-16(17)18/h3-12,14H,13H2,1-2H3,(H,21,24)/t14-/m0/s1. The van der Waals surface area contributed by atoms with Gasteiger partial charge in [-0.2, -0.15) is 0 Å². The van der Waals surface area contributed by atoms with Crippen LogP contribution in [-0.4, -0.2) is 22.7 Å². The predicted octanol–water partition coefficient (Wildman–Crippen LogP) is 3.40. The van der Waals surface area contributed by atoms with E-state index in [4.69, 9.17) is 9.47 Å². The molecule has 1 atom stereocenters. The molecular weight excluding hydrogens is 332 g/mol. The summed E-state index contributed by atoms with van der Waals surface area (Å²) < 4.78 is 12.4. The Bertz CT molecular complexity index is 918. The van der Waals surface area contributed by atoms with Crippen molar-refractivity contribution in [1.29, 1.82) is 0 Å². The molecule has 6 heteroatoms. The predicted molar refractivity (Wildman–Crippen MR) is 97.8 cm³/mol. The molecule has 0 aliphatic rings. The summed E-state index contributed by atoms with van der Waals surface area (Å²) in [5.41, 5.74) is 1.83. The lowest BCUT2D eigenvalue weighted by atomic mass is 10.2. The summed E-state index contributed by atoms with van der Waals surface area (Å²) in [4.78, 5) is 24.1. The van der Waals surface area contributed by atoms with Crippen LogP contribution in [0.25, 0.3) is 10.9 Å². The monoisotopic (exact) mass is 352 g/mol. The van der Waals surface area contributed by atoms with Gasteiger partial charge in [0.05, 0.1) is 5.52 Å². The number of fused-ring (bicyclic) bond motifs is 1. The lowest BCUT2D eigenvalue weighted by Crippen LogP contribution is -2.41. The summed E-state index contributed by atoms with van der Waals surface area (Å²) >= 11 is 0. The molecule has 134 valence electrons. The third-order valence-electron chi connectivity index (χ3n) is 3.97. The van der Waals surface area contributed by atoms with Crippen LogP contribution in [0.15, 0.2) is 60.8 Å². The highest BCUT2D eigenvalue weighted by molar-refractivity contribution is 5.90. The van der Waals surface area contributed by atoms with Gasteiger partial charge in [0, 0.05) is 18.6 Å². The number of hydrogen-bond donors (Lipinski definition) is 1. The summed E-state index contributed by atoms with van der Waals surface area (Å²) in [6.45, 7) is 1.69. The fourth-order valence-electron chi connectivity index (χ4n) is 2.58. The van der Waals surface area contributed by atoms with E-state index in [1.807, 2.05) is 66.2 Å². The Morgan fingerprint density at radius 1 is 1.08 bits per heavy atom. The van der Waals surface area contributed by atoms with Gasteiger partial charge in [-0.15, -0.1) is 0 Å². The number of esters is 1. The second-order valence-electron chi connectivity index (χ2n) is 5.97. The topological polar surface area (TPSA) is 69.6 Å². The van der Waals surface area contributed by atoms with Crippen LogP contribution in [0.1, 0.15) is 12.5 Å². The van der Waals surface area contributed by atoms with Crippen LogP contribution in [0.3, 0.4) is 0 Å². The van der Waals surface area contributed by atoms with Crippen molar-refractivity contribution in [3.63, 3.8) is 0 Å². The van der Waals surface area contributed by atoms with Crippen molar-refractivity contribution in [2.24, 2.45) is 7.05 Å². The zero-order valence-electron chi connectivity index (χ0n) is 14.6. The molecule has 26 heavy (non-hydrogen) atoms. The summed E-state index contributed by atoms with van der Waals surface area (Å²) in [5, 5.41) is 3.32. The molecule has 0 spiro atoms. The molecule has 2 aromatic carbocycles. The van der Waals surface area contributed by atoms with E-state index in [9.17, 15) is 9.59 Å². The number of benzene rings is 2. The SMILES string of the molecule is C[C@H](NC(=O)OCc1ccccc1)C(=O)Oc1cn(C)c2ccccc12. The van der Waals surface area contributed by atoms with Crippen molar-refractivity contribution in [2.75, 3.05) is 0 Å². The Kier molecular flexibility index (Phi) is 5.22. The van der Waals surface area contributed by atoms with Gasteiger partial charge in [0.15, 0.2) is 5.75 Å². The zero-order chi connectivity index (χ0) is 18.5. The van der Waals surface area contributed by atoms with Gasteiger partial charge in [0.2, 0.25) is 0 Å². The Labute approximate surface area is 151 Å². The normalized spacial score (nSPS) is 11.8. The van der Waals surface area contributed by atoms with Gasteiger partial charge in [-0.05, 0) is 24.6 Å². The van der Waals surface area contributed by atoms with Gasteiger partial charge in [-0.1, -0.05) is 42.5 Å². The molecule has 3 rings (SSSR count). The van der Waals surface area contributed by atoms with E-state index in [2.05, 4.69) is 5.32 Å². The summed E-state index contributed by atoms with van der Waals surface area (Å²) in [7, 11) is 1.88. The maximum Gasteiger partial charge on any atom is 0.408 e. The fourth-order valence-corrected chi connectivity index (χ4v) is 2.58. The number of ether oxygens (including phenoxy) is 2. The molecule has 1 N–H and O–H groups in total. The van der Waals surface area contributed by atoms with Crippen molar-refractivity contribution in [2.45, 2.75) is 19.6 Å². The molecule has 1 heterocycles. The second kappa shape index (κ2) is 7.74. The molecule has 0 bridgehead atoms.